The largest absolute Gasteiger partial charge is 0.463 e. The molecule has 1 unspecified atom stereocenters. The Morgan fingerprint density at radius 2 is 1.95 bits per heavy atom. The summed E-state index contributed by atoms with van der Waals surface area (Å²) in [5.41, 5.74) is 1.40. The molecule has 0 spiro atoms. The van der Waals surface area contributed by atoms with E-state index in [1.807, 2.05) is 6.92 Å². The Morgan fingerprint density at radius 3 is 2.57 bits per heavy atom. The topological polar surface area (TPSA) is 29.5 Å². The Balaban J connectivity index is 1.65. The lowest BCUT2D eigenvalue weighted by atomic mass is 9.91. The smallest absolute Gasteiger partial charge is 0.302 e. The van der Waals surface area contributed by atoms with E-state index in [1.165, 1.54) is 44.8 Å². The molecule has 3 heteroatoms. The molecule has 1 aliphatic heterocycles. The van der Waals surface area contributed by atoms with Crippen LogP contribution in [-0.2, 0) is 16.1 Å². The summed E-state index contributed by atoms with van der Waals surface area (Å²) in [7, 11) is 0. The van der Waals surface area contributed by atoms with Crippen LogP contribution in [0.25, 0.3) is 0 Å². The molecule has 0 amide bonds. The lowest BCUT2D eigenvalue weighted by molar-refractivity contribution is -0.145. The maximum Gasteiger partial charge on any atom is 0.302 e. The molecule has 0 N–H and O–H groups in total. The summed E-state index contributed by atoms with van der Waals surface area (Å²) in [5.74, 6) is 0.621. The van der Waals surface area contributed by atoms with Gasteiger partial charge in [-0.15, -0.1) is 0 Å². The van der Waals surface area contributed by atoms with Crippen LogP contribution in [0.3, 0.4) is 0 Å². The first-order chi connectivity index (χ1) is 10.1. The summed E-state index contributed by atoms with van der Waals surface area (Å²) in [5, 5.41) is 0. The van der Waals surface area contributed by atoms with Crippen molar-refractivity contribution in [2.24, 2.45) is 5.92 Å². The monoisotopic (exact) mass is 289 g/mol. The zero-order valence-electron chi connectivity index (χ0n) is 13.3. The SMILES string of the molecule is CC(=O)OC(C)CCC1CCN(Cc2ccccc2)CC1. The zero-order chi connectivity index (χ0) is 15.1. The third-order valence-electron chi connectivity index (χ3n) is 4.30. The molecule has 21 heavy (non-hydrogen) atoms. The van der Waals surface area contributed by atoms with Crippen LogP contribution in [0.5, 0.6) is 0 Å². The van der Waals surface area contributed by atoms with Gasteiger partial charge in [0.2, 0.25) is 0 Å². The van der Waals surface area contributed by atoms with E-state index < -0.39 is 0 Å². The van der Waals surface area contributed by atoms with Crippen molar-refractivity contribution in [2.75, 3.05) is 13.1 Å². The molecule has 1 fully saturated rings. The average Bonchev–Trinajstić information content (AvgIpc) is 2.47. The van der Waals surface area contributed by atoms with E-state index in [2.05, 4.69) is 35.2 Å². The number of nitrogens with zero attached hydrogens (tertiary/aromatic N) is 1. The highest BCUT2D eigenvalue weighted by atomic mass is 16.5. The maximum absolute atomic E-state index is 10.9. The summed E-state index contributed by atoms with van der Waals surface area (Å²) >= 11 is 0. The second-order valence-corrected chi connectivity index (χ2v) is 6.20. The Bertz CT molecular complexity index is 424. The summed E-state index contributed by atoms with van der Waals surface area (Å²) in [6, 6.07) is 10.7. The molecular formula is C18H27NO2. The summed E-state index contributed by atoms with van der Waals surface area (Å²) in [4.78, 5) is 13.4. The highest BCUT2D eigenvalue weighted by Crippen LogP contribution is 2.24. The fourth-order valence-corrected chi connectivity index (χ4v) is 3.09. The van der Waals surface area contributed by atoms with E-state index in [9.17, 15) is 4.79 Å². The van der Waals surface area contributed by atoms with Crippen molar-refractivity contribution in [3.8, 4) is 0 Å². The molecule has 1 aliphatic rings. The number of piperidine rings is 1. The Labute approximate surface area is 128 Å². The zero-order valence-corrected chi connectivity index (χ0v) is 13.3. The molecule has 1 heterocycles. The highest BCUT2D eigenvalue weighted by Gasteiger charge is 2.20. The molecule has 1 aromatic rings. The van der Waals surface area contributed by atoms with Gasteiger partial charge in [-0.2, -0.15) is 0 Å². The van der Waals surface area contributed by atoms with Crippen molar-refractivity contribution in [1.29, 1.82) is 0 Å². The van der Waals surface area contributed by atoms with E-state index in [1.54, 1.807) is 0 Å². The lowest BCUT2D eigenvalue weighted by Crippen LogP contribution is -2.33. The highest BCUT2D eigenvalue weighted by molar-refractivity contribution is 5.66. The molecule has 116 valence electrons. The number of carbonyl (C=O) groups is 1. The average molecular weight is 289 g/mol. The van der Waals surface area contributed by atoms with Gasteiger partial charge in [0.05, 0.1) is 6.10 Å². The molecular weight excluding hydrogens is 262 g/mol. The predicted octanol–water partition coefficient (Wildman–Crippen LogP) is 3.63. The van der Waals surface area contributed by atoms with Crippen LogP contribution in [0.4, 0.5) is 0 Å². The quantitative estimate of drug-likeness (QED) is 0.749. The minimum Gasteiger partial charge on any atom is -0.463 e. The predicted molar refractivity (Wildman–Crippen MR) is 84.9 cm³/mol. The first kappa shape index (κ1) is 16.0. The Morgan fingerprint density at radius 1 is 1.29 bits per heavy atom. The Hall–Kier alpha value is -1.35. The van der Waals surface area contributed by atoms with Gasteiger partial charge in [0.25, 0.3) is 0 Å². The van der Waals surface area contributed by atoms with Crippen LogP contribution in [0.2, 0.25) is 0 Å². The summed E-state index contributed by atoms with van der Waals surface area (Å²) in [6.45, 7) is 6.91. The van der Waals surface area contributed by atoms with Crippen LogP contribution >= 0.6 is 0 Å². The molecule has 0 radical (unpaired) electrons. The minimum absolute atomic E-state index is 0.0600. The van der Waals surface area contributed by atoms with Gasteiger partial charge in [-0.05, 0) is 57.2 Å². The first-order valence-corrected chi connectivity index (χ1v) is 8.07. The van der Waals surface area contributed by atoms with Crippen molar-refractivity contribution in [2.45, 2.75) is 52.2 Å². The van der Waals surface area contributed by atoms with Crippen molar-refractivity contribution < 1.29 is 9.53 Å². The van der Waals surface area contributed by atoms with Crippen molar-refractivity contribution in [3.63, 3.8) is 0 Å². The number of likely N-dealkylation sites (tertiary alicyclic amines) is 1. The molecule has 1 saturated heterocycles. The van der Waals surface area contributed by atoms with Gasteiger partial charge >= 0.3 is 5.97 Å². The summed E-state index contributed by atoms with van der Waals surface area (Å²) < 4.78 is 5.19. The van der Waals surface area contributed by atoms with E-state index in [0.29, 0.717) is 0 Å². The standard InChI is InChI=1S/C18H27NO2/c1-15(21-16(2)20)8-9-17-10-12-19(13-11-17)14-18-6-4-3-5-7-18/h3-7,15,17H,8-14H2,1-2H3. The van der Waals surface area contributed by atoms with Gasteiger partial charge in [0.1, 0.15) is 0 Å². The van der Waals surface area contributed by atoms with Gasteiger partial charge in [-0.3, -0.25) is 9.69 Å². The van der Waals surface area contributed by atoms with Gasteiger partial charge in [-0.1, -0.05) is 30.3 Å². The van der Waals surface area contributed by atoms with E-state index in [0.717, 1.165) is 18.9 Å². The van der Waals surface area contributed by atoms with Crippen molar-refractivity contribution in [3.05, 3.63) is 35.9 Å². The number of hydrogen-bond donors (Lipinski definition) is 0. The summed E-state index contributed by atoms with van der Waals surface area (Å²) in [6.07, 6.45) is 4.75. The molecule has 0 aromatic heterocycles. The van der Waals surface area contributed by atoms with Crippen molar-refractivity contribution >= 4 is 5.97 Å². The molecule has 1 aromatic carbocycles. The Kier molecular flexibility index (Phi) is 6.24. The maximum atomic E-state index is 10.9. The van der Waals surface area contributed by atoms with Crippen LogP contribution in [0, 0.1) is 5.92 Å². The fourth-order valence-electron chi connectivity index (χ4n) is 3.09. The molecule has 2 rings (SSSR count). The molecule has 0 bridgehead atoms. The third kappa shape index (κ3) is 5.88. The van der Waals surface area contributed by atoms with Crippen LogP contribution in [-0.4, -0.2) is 30.1 Å². The van der Waals surface area contributed by atoms with Gasteiger partial charge in [0.15, 0.2) is 0 Å². The second kappa shape index (κ2) is 8.18. The first-order valence-electron chi connectivity index (χ1n) is 8.07. The van der Waals surface area contributed by atoms with Crippen LogP contribution in [0.1, 0.15) is 45.1 Å². The van der Waals surface area contributed by atoms with Crippen molar-refractivity contribution in [1.82, 2.24) is 4.90 Å². The van der Waals surface area contributed by atoms with Gasteiger partial charge in [0, 0.05) is 13.5 Å². The van der Waals surface area contributed by atoms with Gasteiger partial charge < -0.3 is 4.74 Å². The van der Waals surface area contributed by atoms with E-state index >= 15 is 0 Å². The fraction of sp³-hybridized carbons (Fsp3) is 0.611. The third-order valence-corrected chi connectivity index (χ3v) is 4.30. The molecule has 0 aliphatic carbocycles. The number of carbonyl (C=O) groups excluding carboxylic acids is 1. The normalized spacial score (nSPS) is 18.4. The molecule has 0 saturated carbocycles. The molecule has 1 atom stereocenters. The second-order valence-electron chi connectivity index (χ2n) is 6.20. The number of ether oxygens (including phenoxy) is 1. The van der Waals surface area contributed by atoms with Gasteiger partial charge in [-0.25, -0.2) is 0 Å². The van der Waals surface area contributed by atoms with Crippen LogP contribution < -0.4 is 0 Å². The van der Waals surface area contributed by atoms with E-state index in [-0.39, 0.29) is 12.1 Å². The van der Waals surface area contributed by atoms with Crippen LogP contribution in [0.15, 0.2) is 30.3 Å². The minimum atomic E-state index is -0.166. The number of rotatable bonds is 6. The number of esters is 1. The lowest BCUT2D eigenvalue weighted by Gasteiger charge is -2.32. The number of hydrogen-bond acceptors (Lipinski definition) is 3. The number of benzene rings is 1. The molecule has 3 nitrogen and oxygen atoms in total. The van der Waals surface area contributed by atoms with E-state index in [4.69, 9.17) is 4.74 Å².